The normalized spacial score (nSPS) is 15.8. The highest BCUT2D eigenvalue weighted by Crippen LogP contribution is 2.43. The molecule has 0 radical (unpaired) electrons. The van der Waals surface area contributed by atoms with Gasteiger partial charge < -0.3 is 9.84 Å². The zero-order chi connectivity index (χ0) is 23.5. The van der Waals surface area contributed by atoms with E-state index >= 15 is 0 Å². The van der Waals surface area contributed by atoms with E-state index in [9.17, 15) is 14.7 Å². The summed E-state index contributed by atoms with van der Waals surface area (Å²) in [6.07, 6.45) is 0.672. The summed E-state index contributed by atoms with van der Waals surface area (Å²) in [6, 6.07) is 21.2. The Labute approximate surface area is 197 Å². The minimum Gasteiger partial charge on any atom is -0.503 e. The third-order valence-electron chi connectivity index (χ3n) is 5.84. The van der Waals surface area contributed by atoms with Crippen molar-refractivity contribution in [3.05, 3.63) is 106 Å². The van der Waals surface area contributed by atoms with Crippen LogP contribution < -0.4 is 9.64 Å². The lowest BCUT2D eigenvalue weighted by Gasteiger charge is -2.27. The van der Waals surface area contributed by atoms with Gasteiger partial charge in [0.2, 0.25) is 0 Å². The van der Waals surface area contributed by atoms with E-state index in [4.69, 9.17) is 16.3 Å². The number of Topliss-reactive ketones (excluding diaryl/α,β-unsaturated/α-hetero) is 1. The quantitative estimate of drug-likeness (QED) is 0.485. The van der Waals surface area contributed by atoms with E-state index in [1.165, 1.54) is 4.90 Å². The maximum atomic E-state index is 13.4. The Morgan fingerprint density at radius 1 is 1.06 bits per heavy atom. The molecule has 6 heteroatoms. The molecule has 0 saturated heterocycles. The molecule has 168 valence electrons. The Morgan fingerprint density at radius 2 is 1.82 bits per heavy atom. The molecule has 1 unspecified atom stereocenters. The van der Waals surface area contributed by atoms with Crippen LogP contribution in [0.1, 0.15) is 29.2 Å². The van der Waals surface area contributed by atoms with Crippen LogP contribution in [0.4, 0.5) is 5.69 Å². The number of ketones is 1. The third kappa shape index (κ3) is 4.50. The third-order valence-corrected chi connectivity index (χ3v) is 6.24. The van der Waals surface area contributed by atoms with E-state index in [1.54, 1.807) is 43.5 Å². The number of anilines is 1. The molecule has 1 atom stereocenters. The number of hydrogen-bond donors (Lipinski definition) is 1. The first-order chi connectivity index (χ1) is 15.9. The molecule has 1 aliphatic rings. The Hall–Kier alpha value is -3.57. The number of nitrogens with zero attached hydrogens (tertiary/aromatic N) is 1. The van der Waals surface area contributed by atoms with Crippen LogP contribution in [0.2, 0.25) is 5.02 Å². The maximum Gasteiger partial charge on any atom is 0.294 e. The molecule has 1 aliphatic heterocycles. The number of ether oxygens (including phenoxy) is 1. The van der Waals surface area contributed by atoms with Gasteiger partial charge in [-0.15, -0.1) is 0 Å². The monoisotopic (exact) mass is 461 g/mol. The number of rotatable bonds is 7. The molecular weight excluding hydrogens is 438 g/mol. The first-order valence-electron chi connectivity index (χ1n) is 10.6. The van der Waals surface area contributed by atoms with E-state index in [0.717, 1.165) is 11.1 Å². The number of amides is 1. The first-order valence-corrected chi connectivity index (χ1v) is 11.0. The molecule has 1 amide bonds. The van der Waals surface area contributed by atoms with Crippen LogP contribution in [0, 0.1) is 6.92 Å². The molecule has 3 aromatic carbocycles. The fraction of sp³-hybridized carbons (Fsp3) is 0.185. The first kappa shape index (κ1) is 22.6. The van der Waals surface area contributed by atoms with Crippen molar-refractivity contribution in [3.63, 3.8) is 0 Å². The Balaban J connectivity index is 1.76. The van der Waals surface area contributed by atoms with Crippen molar-refractivity contribution in [3.8, 4) is 5.75 Å². The fourth-order valence-electron chi connectivity index (χ4n) is 4.05. The predicted molar refractivity (Wildman–Crippen MR) is 129 cm³/mol. The van der Waals surface area contributed by atoms with Crippen molar-refractivity contribution < 1.29 is 19.4 Å². The number of halogens is 1. The lowest BCUT2D eigenvalue weighted by molar-refractivity contribution is -0.118. The molecule has 0 spiro atoms. The minimum absolute atomic E-state index is 0.0841. The van der Waals surface area contributed by atoms with Crippen LogP contribution in [0.15, 0.2) is 84.1 Å². The zero-order valence-corrected chi connectivity index (χ0v) is 19.2. The average Bonchev–Trinajstić information content (AvgIpc) is 3.10. The lowest BCUT2D eigenvalue weighted by Crippen LogP contribution is -2.31. The highest BCUT2D eigenvalue weighted by Gasteiger charge is 2.44. The number of carbonyl (C=O) groups is 2. The summed E-state index contributed by atoms with van der Waals surface area (Å²) < 4.78 is 5.36. The van der Waals surface area contributed by atoms with Crippen molar-refractivity contribution >= 4 is 29.0 Å². The van der Waals surface area contributed by atoms with E-state index in [1.807, 2.05) is 43.3 Å². The predicted octanol–water partition coefficient (Wildman–Crippen LogP) is 5.76. The van der Waals surface area contributed by atoms with Crippen LogP contribution in [0.3, 0.4) is 0 Å². The van der Waals surface area contributed by atoms with Gasteiger partial charge >= 0.3 is 0 Å². The van der Waals surface area contributed by atoms with Gasteiger partial charge in [-0.3, -0.25) is 14.5 Å². The van der Waals surface area contributed by atoms with Gasteiger partial charge in [0.25, 0.3) is 5.91 Å². The van der Waals surface area contributed by atoms with Crippen molar-refractivity contribution in [2.75, 3.05) is 12.0 Å². The molecule has 33 heavy (non-hydrogen) atoms. The van der Waals surface area contributed by atoms with Crippen LogP contribution in [-0.2, 0) is 16.0 Å². The van der Waals surface area contributed by atoms with Gasteiger partial charge in [0.1, 0.15) is 5.75 Å². The Kier molecular flexibility index (Phi) is 6.52. The van der Waals surface area contributed by atoms with E-state index in [2.05, 4.69) is 0 Å². The van der Waals surface area contributed by atoms with Gasteiger partial charge in [-0.2, -0.15) is 0 Å². The molecular formula is C27H24ClNO4. The number of aryl methyl sites for hydroxylation is 2. The van der Waals surface area contributed by atoms with E-state index in [0.29, 0.717) is 28.4 Å². The Bertz CT molecular complexity index is 1240. The standard InChI is InChI=1S/C27H24ClNO4/c1-17-11-13-20(16-22(17)28)29-25(19-9-6-10-21(15-19)33-2)24(26(31)27(29)32)23(30)14-12-18-7-4-3-5-8-18/h3-11,13,15-16,25,31H,12,14H2,1-2H3. The Morgan fingerprint density at radius 3 is 2.52 bits per heavy atom. The summed E-state index contributed by atoms with van der Waals surface area (Å²) in [5.41, 5.74) is 3.12. The van der Waals surface area contributed by atoms with E-state index in [-0.39, 0.29) is 17.8 Å². The summed E-state index contributed by atoms with van der Waals surface area (Å²) in [7, 11) is 1.55. The van der Waals surface area contributed by atoms with E-state index < -0.39 is 17.7 Å². The van der Waals surface area contributed by atoms with Crippen molar-refractivity contribution in [1.82, 2.24) is 0 Å². The molecule has 0 bridgehead atoms. The van der Waals surface area contributed by atoms with Crippen molar-refractivity contribution in [2.45, 2.75) is 25.8 Å². The largest absolute Gasteiger partial charge is 0.503 e. The highest BCUT2D eigenvalue weighted by molar-refractivity contribution is 6.31. The summed E-state index contributed by atoms with van der Waals surface area (Å²) >= 11 is 6.33. The lowest BCUT2D eigenvalue weighted by atomic mass is 9.93. The molecule has 0 fully saturated rings. The van der Waals surface area contributed by atoms with Gasteiger partial charge in [0.05, 0.1) is 18.7 Å². The second-order valence-electron chi connectivity index (χ2n) is 7.96. The summed E-state index contributed by atoms with van der Waals surface area (Å²) in [6.45, 7) is 1.87. The topological polar surface area (TPSA) is 66.8 Å². The molecule has 1 N–H and O–H groups in total. The van der Waals surface area contributed by atoms with Gasteiger partial charge in [0, 0.05) is 17.1 Å². The van der Waals surface area contributed by atoms with Crippen molar-refractivity contribution in [1.29, 1.82) is 0 Å². The average molecular weight is 462 g/mol. The fourth-order valence-corrected chi connectivity index (χ4v) is 4.23. The summed E-state index contributed by atoms with van der Waals surface area (Å²) in [5.74, 6) is -0.856. The van der Waals surface area contributed by atoms with Crippen molar-refractivity contribution in [2.24, 2.45) is 0 Å². The maximum absolute atomic E-state index is 13.4. The number of benzene rings is 3. The van der Waals surface area contributed by atoms with Crippen LogP contribution >= 0.6 is 11.6 Å². The number of carbonyl (C=O) groups excluding carboxylic acids is 2. The van der Waals surface area contributed by atoms with Gasteiger partial charge in [0.15, 0.2) is 11.5 Å². The molecule has 4 rings (SSSR count). The van der Waals surface area contributed by atoms with Gasteiger partial charge in [-0.05, 0) is 54.3 Å². The zero-order valence-electron chi connectivity index (χ0n) is 18.4. The summed E-state index contributed by atoms with van der Waals surface area (Å²) in [5, 5.41) is 11.3. The molecule has 1 heterocycles. The summed E-state index contributed by atoms with van der Waals surface area (Å²) in [4.78, 5) is 28.0. The van der Waals surface area contributed by atoms with Crippen LogP contribution in [0.5, 0.6) is 5.75 Å². The molecule has 3 aromatic rings. The van der Waals surface area contributed by atoms with Gasteiger partial charge in [-0.25, -0.2) is 0 Å². The number of aliphatic hydroxyl groups is 1. The second-order valence-corrected chi connectivity index (χ2v) is 8.37. The van der Waals surface area contributed by atoms with Gasteiger partial charge in [-0.1, -0.05) is 60.1 Å². The smallest absolute Gasteiger partial charge is 0.294 e. The van der Waals surface area contributed by atoms with Crippen LogP contribution in [0.25, 0.3) is 0 Å². The molecule has 5 nitrogen and oxygen atoms in total. The molecule has 0 aliphatic carbocycles. The highest BCUT2D eigenvalue weighted by atomic mass is 35.5. The SMILES string of the molecule is COc1cccc(C2C(C(=O)CCc3ccccc3)=C(O)C(=O)N2c2ccc(C)c(Cl)c2)c1. The number of hydrogen-bond acceptors (Lipinski definition) is 4. The number of aliphatic hydroxyl groups excluding tert-OH is 1. The molecule has 0 aromatic heterocycles. The minimum atomic E-state index is -0.797. The molecule has 0 saturated carbocycles. The van der Waals surface area contributed by atoms with Crippen LogP contribution in [-0.4, -0.2) is 23.9 Å². The number of methoxy groups -OCH3 is 1. The second kappa shape index (κ2) is 9.51.